The fraction of sp³-hybridized carbons (Fsp3) is 0.389. The molecule has 0 saturated heterocycles. The highest BCUT2D eigenvalue weighted by atomic mass is 16.5. The quantitative estimate of drug-likeness (QED) is 0.0713. The maximum absolute atomic E-state index is 12.1. The number of nitrogens with two attached hydrogens (primary N) is 1. The van der Waals surface area contributed by atoms with Crippen LogP contribution in [0.1, 0.15) is 63.7 Å². The third-order valence-corrected chi connectivity index (χ3v) is 6.66. The lowest BCUT2D eigenvalue weighted by molar-refractivity contribution is -0.142. The molecule has 0 radical (unpaired) electrons. The summed E-state index contributed by atoms with van der Waals surface area (Å²) in [6, 6.07) is -0.807. The number of aromatic hydroxyl groups is 1. The zero-order valence-corrected chi connectivity index (χ0v) is 27.4. The Bertz CT molecular complexity index is 1420. The number of hydrogen-bond donors (Lipinski definition) is 6. The molecule has 0 aliphatic heterocycles. The highest BCUT2D eigenvalue weighted by molar-refractivity contribution is 5.82. The van der Waals surface area contributed by atoms with Crippen molar-refractivity contribution in [2.45, 2.75) is 83.1 Å². The number of aliphatic hydroxyl groups is 1. The molecule has 1 amide bonds. The molecule has 12 nitrogen and oxygen atoms in total. The molecule has 262 valence electrons. The number of ether oxygens (including phenoxy) is 1. The van der Waals surface area contributed by atoms with Gasteiger partial charge in [0.15, 0.2) is 0 Å². The first-order chi connectivity index (χ1) is 22.9. The molecule has 0 fully saturated rings. The monoisotopic (exact) mass is 668 g/mol. The number of carboxylic acids is 2. The molecular weight excluding hydrogens is 620 g/mol. The zero-order valence-electron chi connectivity index (χ0n) is 27.4. The second-order valence-electron chi connectivity index (χ2n) is 10.8. The van der Waals surface area contributed by atoms with Crippen LogP contribution in [0.5, 0.6) is 5.75 Å². The summed E-state index contributed by atoms with van der Waals surface area (Å²) < 4.78 is 10.8. The third kappa shape index (κ3) is 19.7. The Morgan fingerprint density at radius 2 is 1.52 bits per heavy atom. The van der Waals surface area contributed by atoms with E-state index in [-0.39, 0.29) is 49.0 Å². The zero-order chi connectivity index (χ0) is 35.7. The van der Waals surface area contributed by atoms with E-state index in [9.17, 15) is 29.4 Å². The predicted molar refractivity (Wildman–Crippen MR) is 184 cm³/mol. The number of amides is 1. The molecule has 7 N–H and O–H groups in total. The summed E-state index contributed by atoms with van der Waals surface area (Å²) in [7, 11) is 0. The number of aliphatic carboxylic acids is 2. The van der Waals surface area contributed by atoms with Crippen molar-refractivity contribution in [2.75, 3.05) is 6.61 Å². The standard InChI is InChI=1S/C36H48N2O10/c1-26(47-24-23-32(35(44)45)38-27(2)39)17-13-12-15-19-28(40)18-14-10-8-6-4-3-5-7-9-11-16-20-29-25-33(41)30(36(46)48-29)21-22-31(37)34(42)43/h3-14,16,20,25-26,28,31-32,40-41H,15,17-19,21-24,37H2,1-2H3,(H,38,39)(H,42,43)(H,44,45). The molecule has 1 aromatic rings. The van der Waals surface area contributed by atoms with Crippen LogP contribution in [0.2, 0.25) is 0 Å². The Morgan fingerprint density at radius 1 is 0.896 bits per heavy atom. The van der Waals surface area contributed by atoms with Crippen LogP contribution in [0, 0.1) is 0 Å². The summed E-state index contributed by atoms with van der Waals surface area (Å²) in [5.74, 6) is -2.79. The van der Waals surface area contributed by atoms with E-state index in [1.54, 1.807) is 24.3 Å². The lowest BCUT2D eigenvalue weighted by atomic mass is 10.1. The number of carboxylic acid groups (broad SMARTS) is 2. The number of carbonyl (C=O) groups is 3. The smallest absolute Gasteiger partial charge is 0.343 e. The first-order valence-electron chi connectivity index (χ1n) is 15.7. The fourth-order valence-electron chi connectivity index (χ4n) is 4.01. The first kappa shape index (κ1) is 41.2. The lowest BCUT2D eigenvalue weighted by Crippen LogP contribution is -2.40. The minimum atomic E-state index is -1.18. The topological polar surface area (TPSA) is 210 Å². The minimum Gasteiger partial charge on any atom is -0.507 e. The molecule has 0 spiro atoms. The van der Waals surface area contributed by atoms with Gasteiger partial charge in [0.05, 0.1) is 17.8 Å². The van der Waals surface area contributed by atoms with E-state index < -0.39 is 41.7 Å². The van der Waals surface area contributed by atoms with Gasteiger partial charge in [-0.2, -0.15) is 0 Å². The molecule has 1 rings (SSSR count). The van der Waals surface area contributed by atoms with Gasteiger partial charge in [-0.1, -0.05) is 79.0 Å². The van der Waals surface area contributed by atoms with E-state index >= 15 is 0 Å². The minimum absolute atomic E-state index is 0.00461. The van der Waals surface area contributed by atoms with Gasteiger partial charge >= 0.3 is 17.6 Å². The van der Waals surface area contributed by atoms with Gasteiger partial charge in [-0.25, -0.2) is 9.59 Å². The Hall–Kier alpha value is -4.78. The van der Waals surface area contributed by atoms with Gasteiger partial charge in [0, 0.05) is 26.0 Å². The number of allylic oxidation sites excluding steroid dienone is 11. The van der Waals surface area contributed by atoms with Crippen LogP contribution < -0.4 is 16.7 Å². The van der Waals surface area contributed by atoms with Gasteiger partial charge in [-0.05, 0) is 51.5 Å². The van der Waals surface area contributed by atoms with Crippen LogP contribution in [0.3, 0.4) is 0 Å². The van der Waals surface area contributed by atoms with Crippen molar-refractivity contribution in [3.8, 4) is 5.75 Å². The van der Waals surface area contributed by atoms with E-state index in [0.29, 0.717) is 19.3 Å². The van der Waals surface area contributed by atoms with Crippen LogP contribution in [0.15, 0.2) is 94.3 Å². The number of carbonyl (C=O) groups excluding carboxylic acids is 1. The van der Waals surface area contributed by atoms with Gasteiger partial charge in [0.25, 0.3) is 0 Å². The van der Waals surface area contributed by atoms with Crippen LogP contribution in [-0.4, -0.2) is 69.2 Å². The number of nitrogens with one attached hydrogen (secondary N) is 1. The summed E-state index contributed by atoms with van der Waals surface area (Å²) in [4.78, 5) is 45.1. The van der Waals surface area contributed by atoms with Crippen LogP contribution in [0.25, 0.3) is 6.08 Å². The van der Waals surface area contributed by atoms with E-state index in [1.807, 2.05) is 61.6 Å². The van der Waals surface area contributed by atoms with Crippen LogP contribution >= 0.6 is 0 Å². The maximum atomic E-state index is 12.1. The van der Waals surface area contributed by atoms with Crippen LogP contribution in [-0.2, 0) is 25.5 Å². The molecule has 1 heterocycles. The second-order valence-corrected chi connectivity index (χ2v) is 10.8. The Labute approximate surface area is 281 Å². The molecule has 4 atom stereocenters. The predicted octanol–water partition coefficient (Wildman–Crippen LogP) is 4.35. The number of hydrogen-bond acceptors (Lipinski definition) is 9. The van der Waals surface area contributed by atoms with Gasteiger partial charge in [0.2, 0.25) is 5.91 Å². The SMILES string of the molecule is CC(=O)NC(CCOC(C)CC=CCCC(O)CC=CC=CC=CC=CC=CC=Cc1cc(O)c(CCC(N)C(=O)O)c(=O)o1)C(=O)O. The van der Waals surface area contributed by atoms with Crippen LogP contribution in [0.4, 0.5) is 0 Å². The van der Waals surface area contributed by atoms with E-state index in [1.165, 1.54) is 19.1 Å². The molecule has 0 aliphatic carbocycles. The van der Waals surface area contributed by atoms with Gasteiger partial charge in [-0.3, -0.25) is 9.59 Å². The molecule has 48 heavy (non-hydrogen) atoms. The van der Waals surface area contributed by atoms with Gasteiger partial charge in [-0.15, -0.1) is 0 Å². The van der Waals surface area contributed by atoms with Crippen molar-refractivity contribution in [1.82, 2.24) is 5.32 Å². The molecular formula is C36H48N2O10. The molecule has 0 aliphatic rings. The normalized spacial score (nSPS) is 15.1. The van der Waals surface area contributed by atoms with Gasteiger partial charge in [0.1, 0.15) is 23.6 Å². The van der Waals surface area contributed by atoms with Crippen molar-refractivity contribution >= 4 is 23.9 Å². The lowest BCUT2D eigenvalue weighted by Gasteiger charge is -2.15. The summed E-state index contributed by atoms with van der Waals surface area (Å²) in [6.07, 6.45) is 27.6. The number of rotatable bonds is 23. The highest BCUT2D eigenvalue weighted by Gasteiger charge is 2.18. The first-order valence-corrected chi connectivity index (χ1v) is 15.7. The van der Waals surface area contributed by atoms with Crippen molar-refractivity contribution in [1.29, 1.82) is 0 Å². The summed E-state index contributed by atoms with van der Waals surface area (Å²) >= 11 is 0. The summed E-state index contributed by atoms with van der Waals surface area (Å²) in [5.41, 5.74) is 4.68. The summed E-state index contributed by atoms with van der Waals surface area (Å²) in [5, 5.41) is 40.6. The van der Waals surface area contributed by atoms with Gasteiger partial charge < -0.3 is 40.6 Å². The molecule has 0 bridgehead atoms. The van der Waals surface area contributed by atoms with Crippen molar-refractivity contribution in [2.24, 2.45) is 5.73 Å². The molecule has 4 unspecified atom stereocenters. The molecule has 0 aromatic carbocycles. The highest BCUT2D eigenvalue weighted by Crippen LogP contribution is 2.18. The Morgan fingerprint density at radius 3 is 2.10 bits per heavy atom. The average Bonchev–Trinajstić information content (AvgIpc) is 3.01. The van der Waals surface area contributed by atoms with E-state index in [2.05, 4.69) is 5.32 Å². The molecule has 0 saturated carbocycles. The van der Waals surface area contributed by atoms with E-state index in [0.717, 1.165) is 6.42 Å². The fourth-order valence-corrected chi connectivity index (χ4v) is 4.01. The summed E-state index contributed by atoms with van der Waals surface area (Å²) in [6.45, 7) is 3.39. The van der Waals surface area contributed by atoms with Crippen molar-refractivity contribution < 1.29 is 44.0 Å². The van der Waals surface area contributed by atoms with E-state index in [4.69, 9.17) is 25.1 Å². The third-order valence-electron chi connectivity index (χ3n) is 6.66. The second kappa shape index (κ2) is 24.4. The molecule has 1 aromatic heterocycles. The van der Waals surface area contributed by atoms with Crippen molar-refractivity contribution in [3.63, 3.8) is 0 Å². The Balaban J connectivity index is 2.26. The Kier molecular flexibility index (Phi) is 21.0. The largest absolute Gasteiger partial charge is 0.507 e. The van der Waals surface area contributed by atoms with Crippen molar-refractivity contribution in [3.05, 3.63) is 107 Å². The maximum Gasteiger partial charge on any atom is 0.343 e. The number of aliphatic hydroxyl groups excluding tert-OH is 1. The molecule has 12 heteroatoms. The average molecular weight is 669 g/mol.